The summed E-state index contributed by atoms with van der Waals surface area (Å²) in [6.45, 7) is 1.32. The fraction of sp³-hybridized carbons (Fsp3) is 0.158. The van der Waals surface area contributed by atoms with Crippen molar-refractivity contribution in [3.05, 3.63) is 65.5 Å². The molecule has 0 aliphatic rings. The summed E-state index contributed by atoms with van der Waals surface area (Å²) < 4.78 is 38.9. The number of aromatic nitrogens is 1. The normalized spacial score (nSPS) is 11.0. The second-order valence-electron chi connectivity index (χ2n) is 6.01. The number of aromatic hydroxyl groups is 1. The number of pyridine rings is 1. The van der Waals surface area contributed by atoms with Gasteiger partial charge in [-0.05, 0) is 42.3 Å². The molecule has 3 aromatic rings. The molecule has 0 unspecified atom stereocenters. The second kappa shape index (κ2) is 8.35. The van der Waals surface area contributed by atoms with Crippen LogP contribution < -0.4 is 10.6 Å². The topological polar surface area (TPSA) is 74.2 Å². The maximum absolute atomic E-state index is 13.0. The third-order valence-electron chi connectivity index (χ3n) is 4.10. The summed E-state index contributed by atoms with van der Waals surface area (Å²) in [5.74, 6) is 0.0309. The number of fused-ring (bicyclic) bond motifs is 1. The van der Waals surface area contributed by atoms with Crippen molar-refractivity contribution < 1.29 is 23.1 Å². The lowest BCUT2D eigenvalue weighted by Gasteiger charge is -2.13. The first-order chi connectivity index (χ1) is 12.8. The maximum Gasteiger partial charge on any atom is 0.416 e. The third-order valence-corrected chi connectivity index (χ3v) is 4.10. The van der Waals surface area contributed by atoms with E-state index in [9.17, 15) is 23.1 Å². The van der Waals surface area contributed by atoms with Gasteiger partial charge in [-0.1, -0.05) is 12.1 Å². The molecule has 0 aliphatic carbocycles. The average molecular weight is 412 g/mol. The molecule has 2 aromatic carbocycles. The van der Waals surface area contributed by atoms with Gasteiger partial charge in [-0.3, -0.25) is 4.98 Å². The molecule has 0 radical (unpaired) electrons. The molecule has 28 heavy (non-hydrogen) atoms. The number of aryl methyl sites for hydroxylation is 1. The molecule has 0 saturated heterocycles. The van der Waals surface area contributed by atoms with Gasteiger partial charge in [0.1, 0.15) is 5.75 Å². The Morgan fingerprint density at radius 2 is 1.89 bits per heavy atom. The molecular formula is C19H17ClF3N3O2. The zero-order valence-electron chi connectivity index (χ0n) is 14.7. The van der Waals surface area contributed by atoms with Crippen LogP contribution in [0.3, 0.4) is 0 Å². The van der Waals surface area contributed by atoms with Crippen LogP contribution in [0.4, 0.5) is 23.7 Å². The lowest BCUT2D eigenvalue weighted by Crippen LogP contribution is -2.28. The van der Waals surface area contributed by atoms with Gasteiger partial charge in [0.05, 0.1) is 11.3 Å². The molecule has 1 aromatic heterocycles. The van der Waals surface area contributed by atoms with Crippen LogP contribution in [0.2, 0.25) is 0 Å². The monoisotopic (exact) mass is 411 g/mol. The van der Waals surface area contributed by atoms with Crippen molar-refractivity contribution in [1.82, 2.24) is 10.3 Å². The standard InChI is InChI=1S/C19H16F3N3O2.ClH/c1-11-2-3-12(8-15(11)19(20,21)22)9-24-18(27)25-16-4-5-17(26)14-10-23-7-6-13(14)16;/h2-8,10,26H,9H2,1H3,(H2,24,25,27);1H. The number of carbonyl (C=O) groups excluding carboxylic acids is 1. The molecule has 0 fully saturated rings. The first-order valence-corrected chi connectivity index (χ1v) is 8.03. The first-order valence-electron chi connectivity index (χ1n) is 8.03. The summed E-state index contributed by atoms with van der Waals surface area (Å²) in [7, 11) is 0. The van der Waals surface area contributed by atoms with Crippen LogP contribution in [0, 0.1) is 6.92 Å². The van der Waals surface area contributed by atoms with Crippen LogP contribution in [0.25, 0.3) is 10.8 Å². The van der Waals surface area contributed by atoms with E-state index in [1.807, 2.05) is 0 Å². The average Bonchev–Trinajstić information content (AvgIpc) is 2.63. The molecule has 3 rings (SSSR count). The van der Waals surface area contributed by atoms with Gasteiger partial charge in [-0.25, -0.2) is 4.79 Å². The molecule has 0 bridgehead atoms. The van der Waals surface area contributed by atoms with Gasteiger partial charge in [0.15, 0.2) is 0 Å². The summed E-state index contributed by atoms with van der Waals surface area (Å²) >= 11 is 0. The summed E-state index contributed by atoms with van der Waals surface area (Å²) in [6, 6.07) is 7.95. The molecule has 9 heteroatoms. The van der Waals surface area contributed by atoms with Gasteiger partial charge in [0.25, 0.3) is 0 Å². The number of halogens is 4. The van der Waals surface area contributed by atoms with Gasteiger partial charge >= 0.3 is 12.2 Å². The van der Waals surface area contributed by atoms with E-state index in [1.54, 1.807) is 6.07 Å². The Morgan fingerprint density at radius 1 is 1.14 bits per heavy atom. The summed E-state index contributed by atoms with van der Waals surface area (Å²) in [5.41, 5.74) is 0.185. The van der Waals surface area contributed by atoms with Crippen LogP contribution >= 0.6 is 12.4 Å². The fourth-order valence-corrected chi connectivity index (χ4v) is 2.72. The predicted octanol–water partition coefficient (Wildman–Crippen LogP) is 5.01. The first kappa shape index (κ1) is 21.3. The van der Waals surface area contributed by atoms with Crippen molar-refractivity contribution in [3.8, 4) is 5.75 Å². The van der Waals surface area contributed by atoms with Crippen molar-refractivity contribution in [2.24, 2.45) is 0 Å². The number of anilines is 1. The van der Waals surface area contributed by atoms with E-state index in [0.29, 0.717) is 22.0 Å². The van der Waals surface area contributed by atoms with Gasteiger partial charge in [0.2, 0.25) is 0 Å². The quantitative estimate of drug-likeness (QED) is 0.530. The van der Waals surface area contributed by atoms with Crippen LogP contribution in [0.5, 0.6) is 5.75 Å². The number of rotatable bonds is 3. The van der Waals surface area contributed by atoms with Crippen molar-refractivity contribution in [3.63, 3.8) is 0 Å². The number of nitrogens with zero attached hydrogens (tertiary/aromatic N) is 1. The number of hydrogen-bond donors (Lipinski definition) is 3. The van der Waals surface area contributed by atoms with Crippen LogP contribution in [-0.2, 0) is 12.7 Å². The van der Waals surface area contributed by atoms with Gasteiger partial charge in [0, 0.05) is 29.7 Å². The molecular weight excluding hydrogens is 395 g/mol. The van der Waals surface area contributed by atoms with E-state index >= 15 is 0 Å². The number of alkyl halides is 3. The van der Waals surface area contributed by atoms with E-state index < -0.39 is 17.8 Å². The van der Waals surface area contributed by atoms with Crippen molar-refractivity contribution in [2.75, 3.05) is 5.32 Å². The van der Waals surface area contributed by atoms with Crippen LogP contribution in [0.1, 0.15) is 16.7 Å². The Bertz CT molecular complexity index is 1010. The Kier molecular flexibility index (Phi) is 6.35. The Morgan fingerprint density at radius 3 is 2.61 bits per heavy atom. The molecule has 0 spiro atoms. The minimum atomic E-state index is -4.44. The Hall–Kier alpha value is -3.00. The predicted molar refractivity (Wildman–Crippen MR) is 103 cm³/mol. The molecule has 1 heterocycles. The smallest absolute Gasteiger partial charge is 0.416 e. The number of amides is 2. The lowest BCUT2D eigenvalue weighted by molar-refractivity contribution is -0.138. The number of urea groups is 1. The van der Waals surface area contributed by atoms with Crippen molar-refractivity contribution >= 4 is 34.9 Å². The summed E-state index contributed by atoms with van der Waals surface area (Å²) in [4.78, 5) is 16.1. The summed E-state index contributed by atoms with van der Waals surface area (Å²) in [5, 5.41) is 16.1. The van der Waals surface area contributed by atoms with Gasteiger partial charge in [-0.2, -0.15) is 13.2 Å². The largest absolute Gasteiger partial charge is 0.507 e. The minimum Gasteiger partial charge on any atom is -0.507 e. The van der Waals surface area contributed by atoms with Gasteiger partial charge in [-0.15, -0.1) is 12.4 Å². The molecule has 0 atom stereocenters. The SMILES string of the molecule is Cc1ccc(CNC(=O)Nc2ccc(O)c3cnccc23)cc1C(F)(F)F.Cl. The molecule has 148 valence electrons. The number of carbonyl (C=O) groups is 1. The molecule has 3 N–H and O–H groups in total. The minimum absolute atomic E-state index is 0. The Balaban J connectivity index is 0.00000280. The number of hydrogen-bond acceptors (Lipinski definition) is 3. The number of nitrogens with one attached hydrogen (secondary N) is 2. The number of phenolic OH excluding ortho intramolecular Hbond substituents is 1. The van der Waals surface area contributed by atoms with E-state index in [4.69, 9.17) is 0 Å². The zero-order chi connectivity index (χ0) is 19.6. The molecule has 0 aliphatic heterocycles. The van der Waals surface area contributed by atoms with E-state index in [-0.39, 0.29) is 30.3 Å². The zero-order valence-corrected chi connectivity index (χ0v) is 15.5. The fourth-order valence-electron chi connectivity index (χ4n) is 2.72. The van der Waals surface area contributed by atoms with Crippen LogP contribution in [-0.4, -0.2) is 16.1 Å². The highest BCUT2D eigenvalue weighted by Gasteiger charge is 2.32. The maximum atomic E-state index is 13.0. The van der Waals surface area contributed by atoms with E-state index in [2.05, 4.69) is 15.6 Å². The highest BCUT2D eigenvalue weighted by atomic mass is 35.5. The summed E-state index contributed by atoms with van der Waals surface area (Å²) in [6.07, 6.45) is -1.45. The highest BCUT2D eigenvalue weighted by molar-refractivity contribution is 6.03. The van der Waals surface area contributed by atoms with E-state index in [0.717, 1.165) is 6.07 Å². The second-order valence-corrected chi connectivity index (χ2v) is 6.01. The lowest BCUT2D eigenvalue weighted by atomic mass is 10.0. The van der Waals surface area contributed by atoms with Crippen LogP contribution in [0.15, 0.2) is 48.8 Å². The molecule has 2 amide bonds. The van der Waals surface area contributed by atoms with Gasteiger partial charge < -0.3 is 15.7 Å². The number of phenols is 1. The van der Waals surface area contributed by atoms with Crippen molar-refractivity contribution in [1.29, 1.82) is 0 Å². The molecule has 5 nitrogen and oxygen atoms in total. The molecule has 0 saturated carbocycles. The third kappa shape index (κ3) is 4.64. The Labute approximate surface area is 165 Å². The number of benzene rings is 2. The van der Waals surface area contributed by atoms with E-state index in [1.165, 1.54) is 43.6 Å². The van der Waals surface area contributed by atoms with Crippen molar-refractivity contribution in [2.45, 2.75) is 19.6 Å². The highest BCUT2D eigenvalue weighted by Crippen LogP contribution is 2.32.